The van der Waals surface area contributed by atoms with Crippen molar-refractivity contribution < 1.29 is 10.2 Å². The average molecular weight is 238 g/mol. The molecule has 4 N–H and O–H groups in total. The molecule has 4 heteroatoms. The van der Waals surface area contributed by atoms with Crippen LogP contribution in [0.2, 0.25) is 0 Å². The van der Waals surface area contributed by atoms with Crippen molar-refractivity contribution in [3.63, 3.8) is 0 Å². The van der Waals surface area contributed by atoms with Gasteiger partial charge in [0.2, 0.25) is 0 Å². The van der Waals surface area contributed by atoms with Crippen molar-refractivity contribution in [2.45, 2.75) is 38.5 Å². The van der Waals surface area contributed by atoms with Gasteiger partial charge in [-0.05, 0) is 49.7 Å². The standard InChI is InChI=1S/C13H22N2O2/c14-13-11(5-1-3-7-16)9-15-10-12(13)6-2-4-8-17/h9-10,16-17H,1-8H2,(H2,14,15). The van der Waals surface area contributed by atoms with Crippen LogP contribution < -0.4 is 5.73 Å². The summed E-state index contributed by atoms with van der Waals surface area (Å²) in [5.74, 6) is 0. The summed E-state index contributed by atoms with van der Waals surface area (Å²) in [7, 11) is 0. The van der Waals surface area contributed by atoms with Crippen LogP contribution in [-0.2, 0) is 12.8 Å². The van der Waals surface area contributed by atoms with Gasteiger partial charge in [0, 0.05) is 31.3 Å². The van der Waals surface area contributed by atoms with Crippen LogP contribution in [0.25, 0.3) is 0 Å². The number of nitrogens with two attached hydrogens (primary N) is 1. The van der Waals surface area contributed by atoms with Crippen molar-refractivity contribution in [2.75, 3.05) is 18.9 Å². The molecule has 0 aliphatic carbocycles. The number of anilines is 1. The quantitative estimate of drug-likeness (QED) is 0.596. The molecule has 0 atom stereocenters. The number of aliphatic hydroxyl groups excluding tert-OH is 2. The molecule has 0 spiro atoms. The number of aromatic nitrogens is 1. The minimum atomic E-state index is 0.226. The first-order valence-electron chi connectivity index (χ1n) is 6.22. The van der Waals surface area contributed by atoms with Gasteiger partial charge >= 0.3 is 0 Å². The highest BCUT2D eigenvalue weighted by Crippen LogP contribution is 2.19. The lowest BCUT2D eigenvalue weighted by Gasteiger charge is -2.09. The Bertz CT molecular complexity index is 301. The first kappa shape index (κ1) is 13.9. The lowest BCUT2D eigenvalue weighted by molar-refractivity contribution is 0.284. The normalized spacial score (nSPS) is 10.7. The molecule has 1 heterocycles. The fraction of sp³-hybridized carbons (Fsp3) is 0.615. The van der Waals surface area contributed by atoms with Crippen LogP contribution in [0.5, 0.6) is 0 Å². The zero-order valence-corrected chi connectivity index (χ0v) is 10.2. The molecule has 0 fully saturated rings. The first-order chi connectivity index (χ1) is 8.29. The number of nitrogen functional groups attached to an aromatic ring is 1. The number of aliphatic hydroxyl groups is 2. The van der Waals surface area contributed by atoms with E-state index in [1.807, 2.05) is 12.4 Å². The molecule has 0 aromatic carbocycles. The summed E-state index contributed by atoms with van der Waals surface area (Å²) in [5.41, 5.74) is 9.05. The topological polar surface area (TPSA) is 79.4 Å². The van der Waals surface area contributed by atoms with E-state index in [0.717, 1.165) is 55.3 Å². The maximum Gasteiger partial charge on any atom is 0.0431 e. The summed E-state index contributed by atoms with van der Waals surface area (Å²) in [5, 5.41) is 17.5. The van der Waals surface area contributed by atoms with E-state index in [1.165, 1.54) is 0 Å². The van der Waals surface area contributed by atoms with Crippen molar-refractivity contribution in [3.8, 4) is 0 Å². The second-order valence-electron chi connectivity index (χ2n) is 4.23. The molecular weight excluding hydrogens is 216 g/mol. The van der Waals surface area contributed by atoms with Crippen molar-refractivity contribution in [2.24, 2.45) is 0 Å². The predicted molar refractivity (Wildman–Crippen MR) is 68.7 cm³/mol. The first-order valence-corrected chi connectivity index (χ1v) is 6.22. The molecule has 1 aromatic heterocycles. The Morgan fingerprint density at radius 2 is 1.35 bits per heavy atom. The molecule has 0 bridgehead atoms. The van der Waals surface area contributed by atoms with Crippen LogP contribution in [0.1, 0.15) is 36.8 Å². The Kier molecular flexibility index (Phi) is 6.58. The molecule has 0 unspecified atom stereocenters. The summed E-state index contributed by atoms with van der Waals surface area (Å²) < 4.78 is 0. The molecule has 96 valence electrons. The summed E-state index contributed by atoms with van der Waals surface area (Å²) in [4.78, 5) is 4.20. The van der Waals surface area contributed by atoms with Gasteiger partial charge in [-0.3, -0.25) is 4.98 Å². The highest BCUT2D eigenvalue weighted by atomic mass is 16.3. The molecule has 0 radical (unpaired) electrons. The van der Waals surface area contributed by atoms with E-state index in [1.54, 1.807) is 0 Å². The SMILES string of the molecule is Nc1c(CCCCO)cncc1CCCCO. The third-order valence-corrected chi connectivity index (χ3v) is 2.86. The molecule has 0 amide bonds. The monoisotopic (exact) mass is 238 g/mol. The van der Waals surface area contributed by atoms with E-state index in [4.69, 9.17) is 15.9 Å². The highest BCUT2D eigenvalue weighted by Gasteiger charge is 2.05. The van der Waals surface area contributed by atoms with Crippen LogP contribution >= 0.6 is 0 Å². The fourth-order valence-corrected chi connectivity index (χ4v) is 1.82. The van der Waals surface area contributed by atoms with Gasteiger partial charge in [-0.15, -0.1) is 0 Å². The lowest BCUT2D eigenvalue weighted by Crippen LogP contribution is -2.02. The van der Waals surface area contributed by atoms with Gasteiger partial charge in [0.05, 0.1) is 0 Å². The minimum Gasteiger partial charge on any atom is -0.398 e. The third-order valence-electron chi connectivity index (χ3n) is 2.86. The average Bonchev–Trinajstić information content (AvgIpc) is 2.34. The van der Waals surface area contributed by atoms with E-state index < -0.39 is 0 Å². The zero-order valence-electron chi connectivity index (χ0n) is 10.2. The number of rotatable bonds is 8. The van der Waals surface area contributed by atoms with E-state index in [-0.39, 0.29) is 13.2 Å². The van der Waals surface area contributed by atoms with Crippen molar-refractivity contribution >= 4 is 5.69 Å². The van der Waals surface area contributed by atoms with Gasteiger partial charge in [0.25, 0.3) is 0 Å². The molecule has 0 aliphatic heterocycles. The molecule has 0 saturated carbocycles. The molecule has 4 nitrogen and oxygen atoms in total. The maximum absolute atomic E-state index is 8.74. The summed E-state index contributed by atoms with van der Waals surface area (Å²) in [6.45, 7) is 0.451. The molecular formula is C13H22N2O2. The maximum atomic E-state index is 8.74. The Labute approximate surface area is 102 Å². The van der Waals surface area contributed by atoms with Crippen LogP contribution in [0.3, 0.4) is 0 Å². The molecule has 1 rings (SSSR count). The van der Waals surface area contributed by atoms with Crippen molar-refractivity contribution in [3.05, 3.63) is 23.5 Å². The highest BCUT2D eigenvalue weighted by molar-refractivity contribution is 5.52. The van der Waals surface area contributed by atoms with E-state index in [0.29, 0.717) is 0 Å². The van der Waals surface area contributed by atoms with Gasteiger partial charge in [0.1, 0.15) is 0 Å². The number of nitrogens with zero attached hydrogens (tertiary/aromatic N) is 1. The zero-order chi connectivity index (χ0) is 12.5. The van der Waals surface area contributed by atoms with Crippen LogP contribution in [-0.4, -0.2) is 28.4 Å². The number of aryl methyl sites for hydroxylation is 2. The van der Waals surface area contributed by atoms with Gasteiger partial charge in [-0.25, -0.2) is 0 Å². The smallest absolute Gasteiger partial charge is 0.0431 e. The summed E-state index contributed by atoms with van der Waals surface area (Å²) >= 11 is 0. The number of pyridine rings is 1. The number of hydrogen-bond acceptors (Lipinski definition) is 4. The predicted octanol–water partition coefficient (Wildman–Crippen LogP) is 1.29. The van der Waals surface area contributed by atoms with Gasteiger partial charge < -0.3 is 15.9 Å². The van der Waals surface area contributed by atoms with Crippen LogP contribution in [0, 0.1) is 0 Å². The second kappa shape index (κ2) is 8.03. The number of hydrogen-bond donors (Lipinski definition) is 3. The fourth-order valence-electron chi connectivity index (χ4n) is 1.82. The van der Waals surface area contributed by atoms with Crippen LogP contribution in [0.4, 0.5) is 5.69 Å². The Morgan fingerprint density at radius 1 is 0.882 bits per heavy atom. The van der Waals surface area contributed by atoms with E-state index >= 15 is 0 Å². The van der Waals surface area contributed by atoms with Gasteiger partial charge in [0.15, 0.2) is 0 Å². The second-order valence-corrected chi connectivity index (χ2v) is 4.23. The summed E-state index contributed by atoms with van der Waals surface area (Å²) in [6.07, 6.45) is 8.82. The van der Waals surface area contributed by atoms with Crippen molar-refractivity contribution in [1.82, 2.24) is 4.98 Å². The molecule has 1 aromatic rings. The lowest BCUT2D eigenvalue weighted by atomic mass is 10.0. The largest absolute Gasteiger partial charge is 0.398 e. The molecule has 0 aliphatic rings. The van der Waals surface area contributed by atoms with Crippen LogP contribution in [0.15, 0.2) is 12.4 Å². The third kappa shape index (κ3) is 4.71. The molecule has 0 saturated heterocycles. The van der Waals surface area contributed by atoms with Gasteiger partial charge in [-0.1, -0.05) is 0 Å². The Balaban J connectivity index is 2.56. The van der Waals surface area contributed by atoms with E-state index in [2.05, 4.69) is 4.98 Å². The summed E-state index contributed by atoms with van der Waals surface area (Å²) in [6, 6.07) is 0. The minimum absolute atomic E-state index is 0.226. The number of unbranched alkanes of at least 4 members (excludes halogenated alkanes) is 2. The molecule has 17 heavy (non-hydrogen) atoms. The van der Waals surface area contributed by atoms with Crippen molar-refractivity contribution in [1.29, 1.82) is 0 Å². The van der Waals surface area contributed by atoms with Gasteiger partial charge in [-0.2, -0.15) is 0 Å². The Hall–Kier alpha value is -1.13. The Morgan fingerprint density at radius 3 is 1.76 bits per heavy atom. The van der Waals surface area contributed by atoms with E-state index in [9.17, 15) is 0 Å².